The van der Waals surface area contributed by atoms with E-state index in [0.717, 1.165) is 11.1 Å². The minimum absolute atomic E-state index is 0.273. The third kappa shape index (κ3) is 3.42. The first-order chi connectivity index (χ1) is 9.90. The fraction of sp³-hybridized carbons (Fsp3) is 0.500. The first-order valence-corrected chi connectivity index (χ1v) is 7.25. The van der Waals surface area contributed by atoms with Crippen molar-refractivity contribution < 1.29 is 14.7 Å². The zero-order valence-electron chi connectivity index (χ0n) is 12.5. The van der Waals surface area contributed by atoms with Crippen molar-refractivity contribution >= 4 is 11.9 Å². The third-order valence-corrected chi connectivity index (χ3v) is 3.86. The lowest BCUT2D eigenvalue weighted by Crippen LogP contribution is -2.54. The number of carboxylic acids is 1. The molecule has 0 radical (unpaired) electrons. The molecular formula is C16H22N2O3. The van der Waals surface area contributed by atoms with Crippen LogP contribution in [0.25, 0.3) is 0 Å². The van der Waals surface area contributed by atoms with Crippen LogP contribution < -0.4 is 5.73 Å². The molecule has 1 aliphatic rings. The van der Waals surface area contributed by atoms with Crippen LogP contribution in [0, 0.1) is 5.92 Å². The summed E-state index contributed by atoms with van der Waals surface area (Å²) in [4.78, 5) is 25.4. The van der Waals surface area contributed by atoms with Crippen LogP contribution in [0.4, 0.5) is 0 Å². The molecule has 0 saturated carbocycles. The number of carbonyl (C=O) groups is 2. The van der Waals surface area contributed by atoms with Gasteiger partial charge in [0, 0.05) is 13.0 Å². The molecule has 2 atom stereocenters. The van der Waals surface area contributed by atoms with Gasteiger partial charge in [-0.25, -0.2) is 4.79 Å². The summed E-state index contributed by atoms with van der Waals surface area (Å²) in [5.74, 6) is -0.954. The Morgan fingerprint density at radius 3 is 2.52 bits per heavy atom. The molecule has 2 rings (SSSR count). The van der Waals surface area contributed by atoms with Crippen LogP contribution >= 0.6 is 0 Å². The van der Waals surface area contributed by atoms with Gasteiger partial charge in [0.05, 0.1) is 6.04 Å². The number of carbonyl (C=O) groups excluding carboxylic acids is 1. The standard InChI is InChI=1S/C16H22N2O3/c1-10(2)7-13(17)15(19)18-9-12-6-4-3-5-11(12)8-14(18)16(20)21/h3-6,10,13-14H,7-9,17H2,1-2H3,(H,20,21)/t13-,14+/m0/s1. The number of hydrogen-bond donors (Lipinski definition) is 2. The van der Waals surface area contributed by atoms with Crippen molar-refractivity contribution in [2.45, 2.75) is 45.3 Å². The SMILES string of the molecule is CC(C)C[C@H](N)C(=O)N1Cc2ccccc2C[C@@H]1C(=O)O. The smallest absolute Gasteiger partial charge is 0.326 e. The average Bonchev–Trinajstić information content (AvgIpc) is 2.44. The maximum absolute atomic E-state index is 12.5. The number of fused-ring (bicyclic) bond motifs is 1. The topological polar surface area (TPSA) is 83.6 Å². The van der Waals surface area contributed by atoms with E-state index in [1.54, 1.807) is 0 Å². The molecule has 0 aromatic heterocycles. The molecule has 114 valence electrons. The highest BCUT2D eigenvalue weighted by molar-refractivity contribution is 5.87. The van der Waals surface area contributed by atoms with Gasteiger partial charge >= 0.3 is 5.97 Å². The molecule has 21 heavy (non-hydrogen) atoms. The van der Waals surface area contributed by atoms with Crippen LogP contribution in [0.2, 0.25) is 0 Å². The molecule has 1 aromatic rings. The van der Waals surface area contributed by atoms with Gasteiger partial charge in [-0.1, -0.05) is 38.1 Å². The molecule has 0 bridgehead atoms. The van der Waals surface area contributed by atoms with Crippen LogP contribution in [-0.4, -0.2) is 34.0 Å². The van der Waals surface area contributed by atoms with E-state index in [1.165, 1.54) is 4.90 Å². The van der Waals surface area contributed by atoms with Gasteiger partial charge in [-0.15, -0.1) is 0 Å². The van der Waals surface area contributed by atoms with Crippen molar-refractivity contribution in [3.8, 4) is 0 Å². The molecule has 0 spiro atoms. The van der Waals surface area contributed by atoms with Crippen LogP contribution in [0.15, 0.2) is 24.3 Å². The second-order valence-corrected chi connectivity index (χ2v) is 6.03. The lowest BCUT2D eigenvalue weighted by atomic mass is 9.92. The number of nitrogens with two attached hydrogens (primary N) is 1. The molecule has 3 N–H and O–H groups in total. The van der Waals surface area contributed by atoms with E-state index in [0.29, 0.717) is 25.3 Å². The van der Waals surface area contributed by atoms with Gasteiger partial charge in [0.15, 0.2) is 0 Å². The van der Waals surface area contributed by atoms with E-state index < -0.39 is 18.1 Å². The molecule has 1 heterocycles. The molecule has 0 unspecified atom stereocenters. The molecule has 1 aliphatic heterocycles. The number of aliphatic carboxylic acids is 1. The molecule has 0 fully saturated rings. The summed E-state index contributed by atoms with van der Waals surface area (Å²) in [5, 5.41) is 9.41. The van der Waals surface area contributed by atoms with Gasteiger partial charge in [-0.3, -0.25) is 4.79 Å². The van der Waals surface area contributed by atoms with Crippen LogP contribution in [0.5, 0.6) is 0 Å². The number of carboxylic acid groups (broad SMARTS) is 1. The number of amides is 1. The normalized spacial score (nSPS) is 19.2. The monoisotopic (exact) mass is 290 g/mol. The van der Waals surface area contributed by atoms with E-state index in [4.69, 9.17) is 5.73 Å². The first kappa shape index (κ1) is 15.5. The minimum atomic E-state index is -0.977. The Bertz CT molecular complexity index is 542. The molecule has 0 saturated heterocycles. The summed E-state index contributed by atoms with van der Waals surface area (Å²) in [6, 6.07) is 6.17. The zero-order chi connectivity index (χ0) is 15.6. The van der Waals surface area contributed by atoms with Crippen molar-refractivity contribution in [3.63, 3.8) is 0 Å². The number of benzene rings is 1. The predicted octanol–water partition coefficient (Wildman–Crippen LogP) is 1.40. The summed E-state index contributed by atoms with van der Waals surface area (Å²) in [6.07, 6.45) is 0.898. The second kappa shape index (κ2) is 6.26. The third-order valence-electron chi connectivity index (χ3n) is 3.86. The Morgan fingerprint density at radius 2 is 1.95 bits per heavy atom. The summed E-state index contributed by atoms with van der Waals surface area (Å²) in [7, 11) is 0. The van der Waals surface area contributed by atoms with Crippen LogP contribution in [0.1, 0.15) is 31.4 Å². The van der Waals surface area contributed by atoms with Crippen molar-refractivity contribution in [1.82, 2.24) is 4.90 Å². The lowest BCUT2D eigenvalue weighted by Gasteiger charge is -2.36. The van der Waals surface area contributed by atoms with Crippen molar-refractivity contribution in [2.75, 3.05) is 0 Å². The molecular weight excluding hydrogens is 268 g/mol. The summed E-state index contributed by atoms with van der Waals surface area (Å²) < 4.78 is 0. The highest BCUT2D eigenvalue weighted by atomic mass is 16.4. The average molecular weight is 290 g/mol. The van der Waals surface area contributed by atoms with Crippen LogP contribution in [0.3, 0.4) is 0 Å². The maximum Gasteiger partial charge on any atom is 0.326 e. The van der Waals surface area contributed by atoms with Gasteiger partial charge in [0.1, 0.15) is 6.04 Å². The summed E-state index contributed by atoms with van der Waals surface area (Å²) in [6.45, 7) is 4.30. The second-order valence-electron chi connectivity index (χ2n) is 6.03. The van der Waals surface area contributed by atoms with E-state index in [1.807, 2.05) is 38.1 Å². The van der Waals surface area contributed by atoms with Gasteiger partial charge in [-0.05, 0) is 23.5 Å². The lowest BCUT2D eigenvalue weighted by molar-refractivity contribution is -0.152. The van der Waals surface area contributed by atoms with Crippen molar-refractivity contribution in [2.24, 2.45) is 11.7 Å². The van der Waals surface area contributed by atoms with Gasteiger partial charge in [0.2, 0.25) is 5.91 Å². The fourth-order valence-corrected chi connectivity index (χ4v) is 2.80. The highest BCUT2D eigenvalue weighted by Crippen LogP contribution is 2.24. The Kier molecular flexibility index (Phi) is 4.63. The highest BCUT2D eigenvalue weighted by Gasteiger charge is 2.36. The summed E-state index contributed by atoms with van der Waals surface area (Å²) >= 11 is 0. The molecule has 5 nitrogen and oxygen atoms in total. The van der Waals surface area contributed by atoms with E-state index >= 15 is 0 Å². The fourth-order valence-electron chi connectivity index (χ4n) is 2.80. The largest absolute Gasteiger partial charge is 0.480 e. The van der Waals surface area contributed by atoms with Crippen LogP contribution in [-0.2, 0) is 22.6 Å². The maximum atomic E-state index is 12.5. The van der Waals surface area contributed by atoms with E-state index in [9.17, 15) is 14.7 Å². The molecule has 0 aliphatic carbocycles. The first-order valence-electron chi connectivity index (χ1n) is 7.25. The van der Waals surface area contributed by atoms with E-state index in [2.05, 4.69) is 0 Å². The predicted molar refractivity (Wildman–Crippen MR) is 79.6 cm³/mol. The molecule has 1 amide bonds. The van der Waals surface area contributed by atoms with Crippen molar-refractivity contribution in [3.05, 3.63) is 35.4 Å². The molecule has 1 aromatic carbocycles. The minimum Gasteiger partial charge on any atom is -0.480 e. The van der Waals surface area contributed by atoms with Gasteiger partial charge in [0.25, 0.3) is 0 Å². The number of hydrogen-bond acceptors (Lipinski definition) is 3. The number of nitrogens with zero attached hydrogens (tertiary/aromatic N) is 1. The Morgan fingerprint density at radius 1 is 1.33 bits per heavy atom. The zero-order valence-corrected chi connectivity index (χ0v) is 12.5. The Labute approximate surface area is 124 Å². The quantitative estimate of drug-likeness (QED) is 0.878. The summed E-state index contributed by atoms with van der Waals surface area (Å²) in [5.41, 5.74) is 7.94. The van der Waals surface area contributed by atoms with Crippen molar-refractivity contribution in [1.29, 1.82) is 0 Å². The Balaban J connectivity index is 2.24. The molecule has 5 heteroatoms. The van der Waals surface area contributed by atoms with Gasteiger partial charge in [-0.2, -0.15) is 0 Å². The van der Waals surface area contributed by atoms with E-state index in [-0.39, 0.29) is 5.91 Å². The van der Waals surface area contributed by atoms with Gasteiger partial charge < -0.3 is 15.7 Å². The number of rotatable bonds is 4. The Hall–Kier alpha value is -1.88.